The number of amides is 1. The molecular weight excluding hydrogens is 330 g/mol. The molecule has 0 saturated carbocycles. The Labute approximate surface area is 152 Å². The van der Waals surface area contributed by atoms with E-state index in [1.54, 1.807) is 19.5 Å². The minimum atomic E-state index is 0.0194. The van der Waals surface area contributed by atoms with E-state index in [9.17, 15) is 4.79 Å². The lowest BCUT2D eigenvalue weighted by Crippen LogP contribution is -2.31. The van der Waals surface area contributed by atoms with E-state index in [0.717, 1.165) is 28.5 Å². The van der Waals surface area contributed by atoms with Crippen molar-refractivity contribution >= 4 is 17.4 Å². The summed E-state index contributed by atoms with van der Waals surface area (Å²) in [6, 6.07) is 7.87. The number of imidazole rings is 1. The van der Waals surface area contributed by atoms with Gasteiger partial charge in [-0.1, -0.05) is 12.1 Å². The normalized spacial score (nSPS) is 10.9. The number of fused-ring (bicyclic) bond motifs is 1. The number of aromatic nitrogens is 3. The van der Waals surface area contributed by atoms with E-state index in [2.05, 4.69) is 20.6 Å². The van der Waals surface area contributed by atoms with Gasteiger partial charge < -0.3 is 15.4 Å². The molecule has 0 radical (unpaired) electrons. The average molecular weight is 353 g/mol. The zero-order valence-electron chi connectivity index (χ0n) is 15.2. The molecule has 0 unspecified atom stereocenters. The Kier molecular flexibility index (Phi) is 5.36. The lowest BCUT2D eigenvalue weighted by molar-refractivity contribution is -0.121. The Balaban J connectivity index is 1.88. The van der Waals surface area contributed by atoms with Crippen LogP contribution in [0.1, 0.15) is 20.3 Å². The van der Waals surface area contributed by atoms with Crippen LogP contribution in [-0.2, 0) is 4.79 Å². The summed E-state index contributed by atoms with van der Waals surface area (Å²) in [7, 11) is 1.64. The molecule has 0 aliphatic heterocycles. The summed E-state index contributed by atoms with van der Waals surface area (Å²) >= 11 is 0. The van der Waals surface area contributed by atoms with Gasteiger partial charge in [0, 0.05) is 37.0 Å². The third kappa shape index (κ3) is 3.93. The predicted molar refractivity (Wildman–Crippen MR) is 101 cm³/mol. The Hall–Kier alpha value is -3.09. The summed E-state index contributed by atoms with van der Waals surface area (Å²) in [5, 5.41) is 6.24. The zero-order valence-corrected chi connectivity index (χ0v) is 15.2. The van der Waals surface area contributed by atoms with Crippen LogP contribution in [0.3, 0.4) is 0 Å². The second-order valence-corrected chi connectivity index (χ2v) is 6.24. The molecule has 0 spiro atoms. The number of methoxy groups -OCH3 is 1. The van der Waals surface area contributed by atoms with Crippen molar-refractivity contribution in [2.75, 3.05) is 19.0 Å². The Morgan fingerprint density at radius 3 is 2.96 bits per heavy atom. The van der Waals surface area contributed by atoms with Crippen molar-refractivity contribution < 1.29 is 9.53 Å². The molecule has 26 heavy (non-hydrogen) atoms. The molecule has 2 aromatic heterocycles. The SMILES string of the molecule is COc1cccc(-c2nc3cnccn3c2NCCC(=O)NC(C)C)c1. The van der Waals surface area contributed by atoms with Crippen molar-refractivity contribution in [3.8, 4) is 17.0 Å². The molecular formula is C19H23N5O2. The zero-order chi connectivity index (χ0) is 18.5. The monoisotopic (exact) mass is 353 g/mol. The van der Waals surface area contributed by atoms with Crippen LogP contribution in [0, 0.1) is 0 Å². The molecule has 0 fully saturated rings. The maximum atomic E-state index is 11.9. The number of ether oxygens (including phenoxy) is 1. The molecule has 2 heterocycles. The molecule has 0 aliphatic carbocycles. The second kappa shape index (κ2) is 7.86. The molecule has 0 saturated heterocycles. The number of carbonyl (C=O) groups excluding carboxylic acids is 1. The highest BCUT2D eigenvalue weighted by molar-refractivity contribution is 5.79. The number of rotatable bonds is 7. The molecule has 1 amide bonds. The van der Waals surface area contributed by atoms with Gasteiger partial charge in [0.25, 0.3) is 0 Å². The molecule has 3 aromatic rings. The first-order valence-electron chi connectivity index (χ1n) is 8.58. The van der Waals surface area contributed by atoms with E-state index < -0.39 is 0 Å². The van der Waals surface area contributed by atoms with Gasteiger partial charge in [0.2, 0.25) is 5.91 Å². The fourth-order valence-electron chi connectivity index (χ4n) is 2.74. The predicted octanol–water partition coefficient (Wildman–Crippen LogP) is 2.73. The first-order valence-corrected chi connectivity index (χ1v) is 8.58. The number of nitrogens with zero attached hydrogens (tertiary/aromatic N) is 3. The third-order valence-electron chi connectivity index (χ3n) is 3.87. The number of hydrogen-bond donors (Lipinski definition) is 2. The van der Waals surface area contributed by atoms with Crippen molar-refractivity contribution in [2.24, 2.45) is 0 Å². The highest BCUT2D eigenvalue weighted by atomic mass is 16.5. The number of carbonyl (C=O) groups is 1. The first kappa shape index (κ1) is 17.7. The van der Waals surface area contributed by atoms with Crippen molar-refractivity contribution in [3.05, 3.63) is 42.9 Å². The summed E-state index contributed by atoms with van der Waals surface area (Å²) in [5.41, 5.74) is 2.46. The maximum Gasteiger partial charge on any atom is 0.221 e. The van der Waals surface area contributed by atoms with Gasteiger partial charge in [-0.3, -0.25) is 14.2 Å². The largest absolute Gasteiger partial charge is 0.497 e. The number of nitrogens with one attached hydrogen (secondary N) is 2. The van der Waals surface area contributed by atoms with Crippen molar-refractivity contribution in [2.45, 2.75) is 26.3 Å². The van der Waals surface area contributed by atoms with E-state index >= 15 is 0 Å². The number of anilines is 1. The molecule has 7 nitrogen and oxygen atoms in total. The summed E-state index contributed by atoms with van der Waals surface area (Å²) in [6.07, 6.45) is 5.65. The highest BCUT2D eigenvalue weighted by Gasteiger charge is 2.15. The third-order valence-corrected chi connectivity index (χ3v) is 3.87. The topological polar surface area (TPSA) is 80.6 Å². The van der Waals surface area contributed by atoms with E-state index in [4.69, 9.17) is 4.74 Å². The van der Waals surface area contributed by atoms with Gasteiger partial charge in [0.1, 0.15) is 17.3 Å². The van der Waals surface area contributed by atoms with Crippen LogP contribution in [0.25, 0.3) is 16.9 Å². The maximum absolute atomic E-state index is 11.9. The average Bonchev–Trinajstić information content (AvgIpc) is 3.00. The second-order valence-electron chi connectivity index (χ2n) is 6.24. The minimum Gasteiger partial charge on any atom is -0.497 e. The van der Waals surface area contributed by atoms with E-state index in [1.165, 1.54) is 0 Å². The molecule has 3 rings (SSSR count). The number of hydrogen-bond acceptors (Lipinski definition) is 5. The van der Waals surface area contributed by atoms with Crippen molar-refractivity contribution in [3.63, 3.8) is 0 Å². The van der Waals surface area contributed by atoms with Gasteiger partial charge in [-0.15, -0.1) is 0 Å². The fourth-order valence-corrected chi connectivity index (χ4v) is 2.74. The summed E-state index contributed by atoms with van der Waals surface area (Å²) < 4.78 is 7.25. The molecule has 7 heteroatoms. The molecule has 0 bridgehead atoms. The van der Waals surface area contributed by atoms with Crippen LogP contribution >= 0.6 is 0 Å². The highest BCUT2D eigenvalue weighted by Crippen LogP contribution is 2.30. The van der Waals surface area contributed by atoms with Gasteiger partial charge in [-0.05, 0) is 26.0 Å². The van der Waals surface area contributed by atoms with Crippen molar-refractivity contribution in [1.82, 2.24) is 19.7 Å². The van der Waals surface area contributed by atoms with Crippen LogP contribution in [0.2, 0.25) is 0 Å². The minimum absolute atomic E-state index is 0.0194. The quantitative estimate of drug-likeness (QED) is 0.683. The van der Waals surface area contributed by atoms with E-state index in [0.29, 0.717) is 13.0 Å². The van der Waals surface area contributed by atoms with Gasteiger partial charge in [-0.2, -0.15) is 0 Å². The number of benzene rings is 1. The summed E-state index contributed by atoms with van der Waals surface area (Å²) in [5.74, 6) is 1.61. The van der Waals surface area contributed by atoms with Gasteiger partial charge in [0.15, 0.2) is 5.65 Å². The van der Waals surface area contributed by atoms with Crippen LogP contribution in [0.5, 0.6) is 5.75 Å². The van der Waals surface area contributed by atoms with Crippen LogP contribution < -0.4 is 15.4 Å². The lowest BCUT2D eigenvalue weighted by Gasteiger charge is -2.11. The Bertz CT molecular complexity index is 904. The van der Waals surface area contributed by atoms with Crippen LogP contribution in [0.4, 0.5) is 5.82 Å². The summed E-state index contributed by atoms with van der Waals surface area (Å²) in [4.78, 5) is 20.7. The smallest absolute Gasteiger partial charge is 0.221 e. The molecule has 0 atom stereocenters. The van der Waals surface area contributed by atoms with Crippen molar-refractivity contribution in [1.29, 1.82) is 0 Å². The standard InChI is InChI=1S/C19H23N5O2/c1-13(2)22-17(25)7-8-21-19-18(14-5-4-6-15(11-14)26-3)23-16-12-20-9-10-24(16)19/h4-6,9-13,21H,7-8H2,1-3H3,(H,22,25). The Morgan fingerprint density at radius 1 is 1.35 bits per heavy atom. The van der Waals surface area contributed by atoms with Crippen LogP contribution in [-0.4, -0.2) is 40.0 Å². The Morgan fingerprint density at radius 2 is 2.19 bits per heavy atom. The molecule has 0 aliphatic rings. The van der Waals surface area contributed by atoms with Gasteiger partial charge >= 0.3 is 0 Å². The lowest BCUT2D eigenvalue weighted by atomic mass is 10.1. The van der Waals surface area contributed by atoms with Gasteiger partial charge in [0.05, 0.1) is 13.3 Å². The van der Waals surface area contributed by atoms with Crippen LogP contribution in [0.15, 0.2) is 42.9 Å². The van der Waals surface area contributed by atoms with E-state index in [-0.39, 0.29) is 11.9 Å². The fraction of sp³-hybridized carbons (Fsp3) is 0.316. The molecule has 136 valence electrons. The summed E-state index contributed by atoms with van der Waals surface area (Å²) in [6.45, 7) is 4.40. The molecule has 1 aromatic carbocycles. The first-order chi connectivity index (χ1) is 12.6. The van der Waals surface area contributed by atoms with E-state index in [1.807, 2.05) is 48.7 Å². The molecule has 2 N–H and O–H groups in total. The van der Waals surface area contributed by atoms with Gasteiger partial charge in [-0.25, -0.2) is 4.98 Å².